The largest absolute Gasteiger partial charge is 0.466 e. The molecule has 0 fully saturated rings. The van der Waals surface area contributed by atoms with Crippen LogP contribution in [0.15, 0.2) is 29.2 Å². The van der Waals surface area contributed by atoms with Gasteiger partial charge in [-0.15, -0.1) is 0 Å². The fourth-order valence-electron chi connectivity index (χ4n) is 1.52. The summed E-state index contributed by atoms with van der Waals surface area (Å²) >= 11 is 0. The predicted molar refractivity (Wildman–Crippen MR) is 74.2 cm³/mol. The van der Waals surface area contributed by atoms with Crippen LogP contribution in [-0.4, -0.2) is 43.8 Å². The monoisotopic (exact) mass is 316 g/mol. The van der Waals surface area contributed by atoms with Crippen LogP contribution in [-0.2, 0) is 19.6 Å². The van der Waals surface area contributed by atoms with Gasteiger partial charge in [-0.05, 0) is 19.1 Å². The Bertz CT molecular complexity index is 611. The fourth-order valence-corrected chi connectivity index (χ4v) is 2.69. The highest BCUT2D eigenvalue weighted by atomic mass is 32.2. The van der Waals surface area contributed by atoms with E-state index in [1.807, 2.05) is 0 Å². The maximum atomic E-state index is 12.2. The van der Waals surface area contributed by atoms with Crippen molar-refractivity contribution in [3.05, 3.63) is 34.4 Å². The van der Waals surface area contributed by atoms with Crippen LogP contribution in [0, 0.1) is 10.1 Å². The van der Waals surface area contributed by atoms with Gasteiger partial charge in [0.2, 0.25) is 10.0 Å². The van der Waals surface area contributed by atoms with Crippen molar-refractivity contribution < 1.29 is 22.9 Å². The maximum absolute atomic E-state index is 12.2. The number of ether oxygens (including phenoxy) is 1. The first-order valence-electron chi connectivity index (χ1n) is 6.15. The average Bonchev–Trinajstić information content (AvgIpc) is 2.45. The number of hydrogen-bond acceptors (Lipinski definition) is 6. The summed E-state index contributed by atoms with van der Waals surface area (Å²) < 4.78 is 30.1. The van der Waals surface area contributed by atoms with Crippen LogP contribution in [0.2, 0.25) is 0 Å². The minimum absolute atomic E-state index is 0.0296. The number of carbonyl (C=O) groups is 1. The summed E-state index contributed by atoms with van der Waals surface area (Å²) in [6.07, 6.45) is -0.0590. The second-order valence-corrected chi connectivity index (χ2v) is 6.18. The lowest BCUT2D eigenvalue weighted by atomic mass is 10.3. The lowest BCUT2D eigenvalue weighted by Crippen LogP contribution is -2.29. The number of carbonyl (C=O) groups excluding carboxylic acids is 1. The van der Waals surface area contributed by atoms with Crippen molar-refractivity contribution >= 4 is 21.7 Å². The molecule has 0 aliphatic heterocycles. The average molecular weight is 316 g/mol. The minimum Gasteiger partial charge on any atom is -0.466 e. The third kappa shape index (κ3) is 4.50. The Morgan fingerprint density at radius 2 is 1.90 bits per heavy atom. The lowest BCUT2D eigenvalue weighted by Gasteiger charge is -2.16. The molecule has 0 spiro atoms. The molecule has 0 aromatic heterocycles. The Balaban J connectivity index is 2.79. The third-order valence-corrected chi connectivity index (χ3v) is 4.56. The number of esters is 1. The van der Waals surface area contributed by atoms with Crippen LogP contribution in [0.4, 0.5) is 5.69 Å². The highest BCUT2D eigenvalue weighted by molar-refractivity contribution is 7.89. The molecular weight excluding hydrogens is 300 g/mol. The van der Waals surface area contributed by atoms with E-state index in [0.29, 0.717) is 0 Å². The van der Waals surface area contributed by atoms with Crippen molar-refractivity contribution in [1.29, 1.82) is 0 Å². The zero-order valence-corrected chi connectivity index (χ0v) is 12.5. The number of sulfonamides is 1. The van der Waals surface area contributed by atoms with Crippen molar-refractivity contribution in [2.75, 3.05) is 20.2 Å². The number of nitro groups is 1. The lowest BCUT2D eigenvalue weighted by molar-refractivity contribution is -0.384. The molecule has 1 rings (SSSR count). The van der Waals surface area contributed by atoms with E-state index < -0.39 is 20.9 Å². The van der Waals surface area contributed by atoms with E-state index in [4.69, 9.17) is 4.74 Å². The topological polar surface area (TPSA) is 107 Å². The normalized spacial score (nSPS) is 11.4. The van der Waals surface area contributed by atoms with E-state index in [-0.39, 0.29) is 30.2 Å². The van der Waals surface area contributed by atoms with Gasteiger partial charge in [0.1, 0.15) is 0 Å². The first-order chi connectivity index (χ1) is 9.78. The van der Waals surface area contributed by atoms with E-state index in [1.54, 1.807) is 6.92 Å². The molecule has 8 nitrogen and oxygen atoms in total. The SMILES string of the molecule is CCOC(=O)CCN(C)S(=O)(=O)c1ccc([N+](=O)[O-])cc1. The number of nitrogens with zero attached hydrogens (tertiary/aromatic N) is 2. The molecule has 116 valence electrons. The molecule has 0 N–H and O–H groups in total. The van der Waals surface area contributed by atoms with Gasteiger partial charge in [0.15, 0.2) is 0 Å². The fraction of sp³-hybridized carbons (Fsp3) is 0.417. The van der Waals surface area contributed by atoms with E-state index in [0.717, 1.165) is 28.6 Å². The summed E-state index contributed by atoms with van der Waals surface area (Å²) in [5, 5.41) is 10.5. The molecule has 0 aliphatic carbocycles. The van der Waals surface area contributed by atoms with Gasteiger partial charge in [-0.25, -0.2) is 12.7 Å². The Morgan fingerprint density at radius 3 is 2.38 bits per heavy atom. The molecule has 0 heterocycles. The third-order valence-electron chi connectivity index (χ3n) is 2.69. The Morgan fingerprint density at radius 1 is 1.33 bits per heavy atom. The molecule has 0 unspecified atom stereocenters. The molecule has 0 bridgehead atoms. The van der Waals surface area contributed by atoms with Gasteiger partial charge in [0.05, 0.1) is 22.8 Å². The van der Waals surface area contributed by atoms with Crippen LogP contribution in [0.25, 0.3) is 0 Å². The van der Waals surface area contributed by atoms with E-state index in [2.05, 4.69) is 0 Å². The molecule has 0 aliphatic rings. The molecule has 0 saturated heterocycles. The smallest absolute Gasteiger partial charge is 0.307 e. The number of hydrogen-bond donors (Lipinski definition) is 0. The Hall–Kier alpha value is -2.00. The maximum Gasteiger partial charge on any atom is 0.307 e. The number of benzene rings is 1. The molecule has 0 amide bonds. The van der Waals surface area contributed by atoms with E-state index in [9.17, 15) is 23.3 Å². The van der Waals surface area contributed by atoms with Gasteiger partial charge in [0.25, 0.3) is 5.69 Å². The molecule has 9 heteroatoms. The van der Waals surface area contributed by atoms with Gasteiger partial charge >= 0.3 is 5.97 Å². The molecule has 0 radical (unpaired) electrons. The van der Waals surface area contributed by atoms with Crippen LogP contribution >= 0.6 is 0 Å². The first kappa shape index (κ1) is 17.1. The predicted octanol–water partition coefficient (Wildman–Crippen LogP) is 1.17. The molecule has 0 saturated carbocycles. The van der Waals surface area contributed by atoms with Crippen LogP contribution in [0.5, 0.6) is 0 Å². The summed E-state index contributed by atoms with van der Waals surface area (Å²) in [5.74, 6) is -0.483. The van der Waals surface area contributed by atoms with Gasteiger partial charge < -0.3 is 4.74 Å². The number of nitro benzene ring substituents is 1. The van der Waals surface area contributed by atoms with Crippen LogP contribution in [0.3, 0.4) is 0 Å². The van der Waals surface area contributed by atoms with Crippen LogP contribution < -0.4 is 0 Å². The number of rotatable bonds is 7. The van der Waals surface area contributed by atoms with Crippen molar-refractivity contribution in [1.82, 2.24) is 4.31 Å². The van der Waals surface area contributed by atoms with Gasteiger partial charge in [-0.2, -0.15) is 0 Å². The minimum atomic E-state index is -3.79. The van der Waals surface area contributed by atoms with Crippen molar-refractivity contribution in [2.24, 2.45) is 0 Å². The van der Waals surface area contributed by atoms with Gasteiger partial charge in [-0.3, -0.25) is 14.9 Å². The molecular formula is C12H16N2O6S. The molecule has 21 heavy (non-hydrogen) atoms. The standard InChI is InChI=1S/C12H16N2O6S/c1-3-20-12(15)8-9-13(2)21(18,19)11-6-4-10(5-7-11)14(16)17/h4-7H,3,8-9H2,1-2H3. The quantitative estimate of drug-likeness (QED) is 0.424. The highest BCUT2D eigenvalue weighted by Gasteiger charge is 2.22. The van der Waals surface area contributed by atoms with E-state index >= 15 is 0 Å². The van der Waals surface area contributed by atoms with E-state index in [1.165, 1.54) is 7.05 Å². The second-order valence-electron chi connectivity index (χ2n) is 4.13. The van der Waals surface area contributed by atoms with Crippen molar-refractivity contribution in [3.63, 3.8) is 0 Å². The Kier molecular flexibility index (Phi) is 5.79. The molecule has 1 aromatic rings. The number of non-ortho nitro benzene ring substituents is 1. The van der Waals surface area contributed by atoms with Crippen molar-refractivity contribution in [3.8, 4) is 0 Å². The first-order valence-corrected chi connectivity index (χ1v) is 7.59. The molecule has 1 aromatic carbocycles. The van der Waals surface area contributed by atoms with Crippen molar-refractivity contribution in [2.45, 2.75) is 18.2 Å². The summed E-state index contributed by atoms with van der Waals surface area (Å²) in [7, 11) is -2.46. The molecule has 0 atom stereocenters. The summed E-state index contributed by atoms with van der Waals surface area (Å²) in [5.41, 5.74) is -0.192. The van der Waals surface area contributed by atoms with Gasteiger partial charge in [0, 0.05) is 25.7 Å². The summed E-state index contributed by atoms with van der Waals surface area (Å²) in [6, 6.07) is 4.56. The Labute approximate surface area is 122 Å². The van der Waals surface area contributed by atoms with Gasteiger partial charge in [-0.1, -0.05) is 0 Å². The highest BCUT2D eigenvalue weighted by Crippen LogP contribution is 2.18. The zero-order valence-electron chi connectivity index (χ0n) is 11.7. The second kappa shape index (κ2) is 7.14. The summed E-state index contributed by atoms with van der Waals surface area (Å²) in [4.78, 5) is 21.1. The zero-order chi connectivity index (χ0) is 16.0. The summed E-state index contributed by atoms with van der Waals surface area (Å²) in [6.45, 7) is 1.87. The van der Waals surface area contributed by atoms with Crippen LogP contribution in [0.1, 0.15) is 13.3 Å².